The highest BCUT2D eigenvalue weighted by atomic mass is 35.5. The van der Waals surface area contributed by atoms with Crippen molar-refractivity contribution >= 4 is 23.3 Å². The molecule has 1 spiro atoms. The van der Waals surface area contributed by atoms with Gasteiger partial charge in [0, 0.05) is 35.5 Å². The second kappa shape index (κ2) is 6.15. The number of halogens is 2. The number of phenolic OH excluding ortho intramolecular Hbond substituents is 1. The fourth-order valence-corrected chi connectivity index (χ4v) is 7.10. The molecule has 0 unspecified atom stereocenters. The first kappa shape index (κ1) is 19.4. The molecule has 2 aliphatic carbocycles. The van der Waals surface area contributed by atoms with Crippen LogP contribution < -0.4 is 4.74 Å². The minimum absolute atomic E-state index is 0. The van der Waals surface area contributed by atoms with Crippen molar-refractivity contribution in [1.82, 2.24) is 9.88 Å². The monoisotopic (exact) mass is 442 g/mol. The quantitative estimate of drug-likeness (QED) is 0.567. The minimum atomic E-state index is -1.09. The summed E-state index contributed by atoms with van der Waals surface area (Å²) in [6.45, 7) is 0.613. The van der Waals surface area contributed by atoms with Gasteiger partial charge < -0.3 is 19.9 Å². The zero-order chi connectivity index (χ0) is 20.3. The number of fused-ring (bicyclic) bond motifs is 4. The normalized spacial score (nSPS) is 32.2. The maximum atomic E-state index is 13.4. The van der Waals surface area contributed by atoms with Crippen LogP contribution in [0.3, 0.4) is 0 Å². The van der Waals surface area contributed by atoms with E-state index in [4.69, 9.17) is 4.74 Å². The van der Waals surface area contributed by atoms with Gasteiger partial charge in [0.1, 0.15) is 6.67 Å². The number of nitrogens with zero attached hydrogens (tertiary/aromatic N) is 1. The predicted molar refractivity (Wildman–Crippen MR) is 117 cm³/mol. The molecule has 4 atom stereocenters. The summed E-state index contributed by atoms with van der Waals surface area (Å²) in [5.41, 5.74) is 3.45. The molecule has 1 aromatic heterocycles. The van der Waals surface area contributed by atoms with Crippen LogP contribution >= 0.6 is 12.4 Å². The Morgan fingerprint density at radius 2 is 2.06 bits per heavy atom. The molecular weight excluding hydrogens is 419 g/mol. The van der Waals surface area contributed by atoms with Crippen molar-refractivity contribution < 1.29 is 19.3 Å². The maximum absolute atomic E-state index is 13.4. The summed E-state index contributed by atoms with van der Waals surface area (Å²) in [5.74, 6) is 0.641. The Morgan fingerprint density at radius 3 is 2.90 bits per heavy atom. The summed E-state index contributed by atoms with van der Waals surface area (Å²) in [6.07, 6.45) is 1.40. The lowest BCUT2D eigenvalue weighted by atomic mass is 9.49. The number of aromatic nitrogens is 1. The molecule has 7 rings (SSSR count). The van der Waals surface area contributed by atoms with Gasteiger partial charge in [0.05, 0.1) is 16.7 Å². The molecule has 2 aromatic carbocycles. The Labute approximate surface area is 185 Å². The summed E-state index contributed by atoms with van der Waals surface area (Å²) < 4.78 is 19.9. The van der Waals surface area contributed by atoms with Gasteiger partial charge >= 0.3 is 0 Å². The van der Waals surface area contributed by atoms with Crippen molar-refractivity contribution in [2.24, 2.45) is 0 Å². The molecule has 31 heavy (non-hydrogen) atoms. The molecule has 162 valence electrons. The number of phenols is 1. The molecule has 2 bridgehead atoms. The largest absolute Gasteiger partial charge is 0.504 e. The topological polar surface area (TPSA) is 68.7 Å². The number of hydrogen-bond acceptors (Lipinski definition) is 4. The first-order chi connectivity index (χ1) is 14.6. The lowest BCUT2D eigenvalue weighted by molar-refractivity contribution is -0.172. The number of benzene rings is 2. The summed E-state index contributed by atoms with van der Waals surface area (Å²) in [5, 5.41) is 24.2. The van der Waals surface area contributed by atoms with E-state index in [-0.39, 0.29) is 24.2 Å². The van der Waals surface area contributed by atoms with Crippen molar-refractivity contribution in [3.63, 3.8) is 0 Å². The Balaban J connectivity index is 0.00000185. The van der Waals surface area contributed by atoms with E-state index in [1.807, 2.05) is 24.3 Å². The first-order valence-electron chi connectivity index (χ1n) is 10.7. The summed E-state index contributed by atoms with van der Waals surface area (Å²) in [6, 6.07) is 11.6. The Bertz CT molecular complexity index is 1230. The van der Waals surface area contributed by atoms with Gasteiger partial charge in [-0.1, -0.05) is 24.3 Å². The Morgan fingerprint density at radius 1 is 1.23 bits per heavy atom. The van der Waals surface area contributed by atoms with Crippen molar-refractivity contribution in [2.45, 2.75) is 42.4 Å². The van der Waals surface area contributed by atoms with Crippen LogP contribution in [-0.4, -0.2) is 51.5 Å². The van der Waals surface area contributed by atoms with Gasteiger partial charge in [-0.3, -0.25) is 4.90 Å². The number of aliphatic hydroxyl groups is 1. The van der Waals surface area contributed by atoms with Crippen molar-refractivity contribution in [3.05, 3.63) is 58.8 Å². The highest BCUT2D eigenvalue weighted by molar-refractivity contribution is 5.86. The zero-order valence-corrected chi connectivity index (χ0v) is 17.7. The lowest BCUT2D eigenvalue weighted by Gasteiger charge is -2.62. The number of ether oxygens (including phenoxy) is 1. The molecule has 0 saturated carbocycles. The van der Waals surface area contributed by atoms with Gasteiger partial charge in [-0.15, -0.1) is 12.4 Å². The number of rotatable bonds is 2. The second-order valence-electron chi connectivity index (χ2n) is 9.28. The van der Waals surface area contributed by atoms with Crippen LogP contribution in [-0.2, 0) is 18.3 Å². The summed E-state index contributed by atoms with van der Waals surface area (Å²) in [4.78, 5) is 5.69. The fourth-order valence-electron chi connectivity index (χ4n) is 7.10. The van der Waals surface area contributed by atoms with E-state index in [1.54, 1.807) is 6.07 Å². The number of alkyl halides is 1. The van der Waals surface area contributed by atoms with Crippen LogP contribution in [0.2, 0.25) is 0 Å². The zero-order valence-electron chi connectivity index (χ0n) is 16.9. The van der Waals surface area contributed by atoms with E-state index in [1.165, 1.54) is 0 Å². The lowest BCUT2D eigenvalue weighted by Crippen LogP contribution is -2.74. The number of likely N-dealkylation sites (tertiary alicyclic amines) is 1. The van der Waals surface area contributed by atoms with E-state index in [2.05, 4.69) is 16.0 Å². The molecule has 7 heteroatoms. The highest BCUT2D eigenvalue weighted by Crippen LogP contribution is 2.68. The van der Waals surface area contributed by atoms with Gasteiger partial charge in [-0.25, -0.2) is 4.39 Å². The molecule has 4 aliphatic rings. The van der Waals surface area contributed by atoms with Crippen LogP contribution in [0, 0.1) is 0 Å². The maximum Gasteiger partial charge on any atom is 0.166 e. The predicted octanol–water partition coefficient (Wildman–Crippen LogP) is 3.55. The number of hydrogen-bond donors (Lipinski definition) is 3. The second-order valence-corrected chi connectivity index (χ2v) is 9.28. The molecule has 3 heterocycles. The third-order valence-corrected chi connectivity index (χ3v) is 8.25. The van der Waals surface area contributed by atoms with Crippen LogP contribution in [0.15, 0.2) is 36.4 Å². The van der Waals surface area contributed by atoms with Crippen LogP contribution in [0.1, 0.15) is 34.9 Å². The average Bonchev–Trinajstić information content (AvgIpc) is 3.27. The van der Waals surface area contributed by atoms with Crippen LogP contribution in [0.5, 0.6) is 11.5 Å². The molecule has 0 amide bonds. The number of H-pyrrole nitrogens is 1. The van der Waals surface area contributed by atoms with E-state index in [0.29, 0.717) is 38.1 Å². The fraction of sp³-hybridized carbons (Fsp3) is 0.417. The number of aromatic hydroxyl groups is 1. The Kier molecular flexibility index (Phi) is 3.85. The van der Waals surface area contributed by atoms with Crippen LogP contribution in [0.25, 0.3) is 10.9 Å². The molecule has 1 fully saturated rings. The third kappa shape index (κ3) is 2.04. The van der Waals surface area contributed by atoms with E-state index < -0.39 is 23.8 Å². The number of para-hydroxylation sites is 1. The Hall–Kier alpha value is -2.28. The third-order valence-electron chi connectivity index (χ3n) is 8.25. The number of nitrogens with one attached hydrogen (secondary N) is 1. The highest BCUT2D eigenvalue weighted by Gasteiger charge is 2.72. The molecule has 3 N–H and O–H groups in total. The van der Waals surface area contributed by atoms with Crippen LogP contribution in [0.4, 0.5) is 4.39 Å². The standard InChI is InChI=1S/C24H23FN2O3.ClH/c25-8-10-27-9-7-23-19-13-5-6-17(28)21(19)30-22(23)20-15(12-24(23,29)18(27)11-13)14-3-1-2-4-16(14)26-20;/h1-6,18,22,26,28-29H,7-12H2;1H/t18-,22+,23+,24-;/m1./s1. The van der Waals surface area contributed by atoms with Gasteiger partial charge in [0.2, 0.25) is 0 Å². The van der Waals surface area contributed by atoms with E-state index >= 15 is 0 Å². The minimum Gasteiger partial charge on any atom is -0.504 e. The van der Waals surface area contributed by atoms with Gasteiger partial charge in [-0.05, 0) is 42.6 Å². The van der Waals surface area contributed by atoms with Gasteiger partial charge in [0.25, 0.3) is 0 Å². The van der Waals surface area contributed by atoms with E-state index in [9.17, 15) is 14.6 Å². The summed E-state index contributed by atoms with van der Waals surface area (Å²) in [7, 11) is 0. The molecule has 2 aliphatic heterocycles. The van der Waals surface area contributed by atoms with Crippen molar-refractivity contribution in [1.29, 1.82) is 0 Å². The SMILES string of the molecule is Cl.Oc1ccc2c3c1O[C@H]1c4[nH]c5ccccc5c4C[C@@]4(O)[C@@H](C2)N(CCF)CC[C@]314. The molecule has 1 saturated heterocycles. The molecule has 5 nitrogen and oxygen atoms in total. The summed E-state index contributed by atoms with van der Waals surface area (Å²) >= 11 is 0. The van der Waals surface area contributed by atoms with Gasteiger partial charge in [-0.2, -0.15) is 0 Å². The average molecular weight is 443 g/mol. The molecular formula is C24H24ClFN2O3. The van der Waals surface area contributed by atoms with Crippen molar-refractivity contribution in [3.8, 4) is 11.5 Å². The smallest absolute Gasteiger partial charge is 0.166 e. The molecule has 0 radical (unpaired) electrons. The van der Waals surface area contributed by atoms with Gasteiger partial charge in [0.15, 0.2) is 17.6 Å². The van der Waals surface area contributed by atoms with E-state index in [0.717, 1.165) is 33.3 Å². The number of piperidine rings is 1. The number of aromatic amines is 1. The molecule has 3 aromatic rings. The first-order valence-corrected chi connectivity index (χ1v) is 10.7. The van der Waals surface area contributed by atoms with Crippen molar-refractivity contribution in [2.75, 3.05) is 19.8 Å².